The number of nitrogens with zero attached hydrogens (tertiary/aromatic N) is 1. The molecule has 1 saturated heterocycles. The Bertz CT molecular complexity index is 1240. The van der Waals surface area contributed by atoms with Crippen molar-refractivity contribution in [2.75, 3.05) is 14.2 Å². The zero-order chi connectivity index (χ0) is 23.7. The normalized spacial score (nSPS) is 17.5. The lowest BCUT2D eigenvalue weighted by Gasteiger charge is -2.23. The molecule has 0 bridgehead atoms. The number of methoxy groups -OCH3 is 2. The van der Waals surface area contributed by atoms with Gasteiger partial charge in [0.05, 0.1) is 25.4 Å². The number of Topliss-reactive ketones (excluding diaryl/α,β-unsaturated/α-hetero) is 1. The van der Waals surface area contributed by atoms with E-state index in [0.717, 1.165) is 11.6 Å². The fraction of sp³-hybridized carbons (Fsp3) is 0.200. The highest BCUT2D eigenvalue weighted by atomic mass is 19.1. The van der Waals surface area contributed by atoms with E-state index in [1.165, 1.54) is 24.1 Å². The largest absolute Gasteiger partial charge is 0.507 e. The molecule has 7 nitrogen and oxygen atoms in total. The SMILES string of the molecule is COc1ccc(CN2C(=O)C(=O)/C(=C(/O)c3cc(F)ccc3OC)C2c2ccc(C)o2)cc1. The highest BCUT2D eigenvalue weighted by Gasteiger charge is 2.47. The molecule has 0 aliphatic carbocycles. The second-order valence-electron chi connectivity index (χ2n) is 7.57. The molecule has 1 aromatic heterocycles. The number of likely N-dealkylation sites (tertiary alicyclic amines) is 1. The molecule has 1 amide bonds. The molecule has 2 heterocycles. The van der Waals surface area contributed by atoms with Crippen LogP contribution in [0.4, 0.5) is 4.39 Å². The minimum atomic E-state index is -1.01. The molecule has 1 fully saturated rings. The van der Waals surface area contributed by atoms with Crippen molar-refractivity contribution in [2.45, 2.75) is 19.5 Å². The summed E-state index contributed by atoms with van der Waals surface area (Å²) in [6.45, 7) is 1.81. The molecule has 1 aliphatic rings. The summed E-state index contributed by atoms with van der Waals surface area (Å²) >= 11 is 0. The first-order chi connectivity index (χ1) is 15.8. The zero-order valence-electron chi connectivity index (χ0n) is 18.3. The van der Waals surface area contributed by atoms with Gasteiger partial charge in [-0.2, -0.15) is 0 Å². The monoisotopic (exact) mass is 451 g/mol. The number of furan rings is 1. The summed E-state index contributed by atoms with van der Waals surface area (Å²) in [6.07, 6.45) is 0. The van der Waals surface area contributed by atoms with Gasteiger partial charge in [-0.25, -0.2) is 4.39 Å². The summed E-state index contributed by atoms with van der Waals surface area (Å²) in [7, 11) is 2.91. The quantitative estimate of drug-likeness (QED) is 0.340. The molecule has 170 valence electrons. The van der Waals surface area contributed by atoms with Crippen LogP contribution < -0.4 is 9.47 Å². The van der Waals surface area contributed by atoms with Crippen molar-refractivity contribution in [3.8, 4) is 11.5 Å². The smallest absolute Gasteiger partial charge is 0.296 e. The lowest BCUT2D eigenvalue weighted by molar-refractivity contribution is -0.140. The first-order valence-electron chi connectivity index (χ1n) is 10.2. The van der Waals surface area contributed by atoms with Crippen LogP contribution in [0.5, 0.6) is 11.5 Å². The van der Waals surface area contributed by atoms with Crippen LogP contribution in [0.15, 0.2) is 64.6 Å². The second-order valence-corrected chi connectivity index (χ2v) is 7.57. The third-order valence-corrected chi connectivity index (χ3v) is 5.50. The molecule has 0 radical (unpaired) electrons. The van der Waals surface area contributed by atoms with Crippen molar-refractivity contribution < 1.29 is 33.0 Å². The average Bonchev–Trinajstić information content (AvgIpc) is 3.35. The molecule has 1 aliphatic heterocycles. The van der Waals surface area contributed by atoms with Crippen LogP contribution in [-0.4, -0.2) is 35.9 Å². The van der Waals surface area contributed by atoms with E-state index in [-0.39, 0.29) is 23.4 Å². The van der Waals surface area contributed by atoms with Crippen molar-refractivity contribution >= 4 is 17.4 Å². The highest BCUT2D eigenvalue weighted by Crippen LogP contribution is 2.42. The van der Waals surface area contributed by atoms with E-state index in [2.05, 4.69) is 0 Å². The van der Waals surface area contributed by atoms with Gasteiger partial charge in [0.1, 0.15) is 40.6 Å². The summed E-state index contributed by atoms with van der Waals surface area (Å²) < 4.78 is 30.1. The van der Waals surface area contributed by atoms with Crippen LogP contribution in [0.1, 0.15) is 28.7 Å². The highest BCUT2D eigenvalue weighted by molar-refractivity contribution is 6.46. The fourth-order valence-electron chi connectivity index (χ4n) is 3.88. The van der Waals surface area contributed by atoms with Crippen LogP contribution in [0.2, 0.25) is 0 Å². The molecule has 8 heteroatoms. The number of carbonyl (C=O) groups excluding carboxylic acids is 2. The van der Waals surface area contributed by atoms with Gasteiger partial charge < -0.3 is 23.9 Å². The van der Waals surface area contributed by atoms with Gasteiger partial charge in [0.25, 0.3) is 11.7 Å². The Kier molecular flexibility index (Phi) is 5.91. The van der Waals surface area contributed by atoms with Crippen LogP contribution in [-0.2, 0) is 16.1 Å². The summed E-state index contributed by atoms with van der Waals surface area (Å²) in [5.41, 5.74) is 0.509. The number of carbonyl (C=O) groups is 2. The Morgan fingerprint density at radius 3 is 2.39 bits per heavy atom. The molecule has 1 unspecified atom stereocenters. The summed E-state index contributed by atoms with van der Waals surface area (Å²) in [5.74, 6) is -1.19. The topological polar surface area (TPSA) is 89.2 Å². The lowest BCUT2D eigenvalue weighted by Crippen LogP contribution is -2.29. The number of aliphatic hydroxyl groups excluding tert-OH is 1. The molecular formula is C25H22FNO6. The molecule has 3 aromatic rings. The van der Waals surface area contributed by atoms with Gasteiger partial charge >= 0.3 is 0 Å². The summed E-state index contributed by atoms with van der Waals surface area (Å²) in [4.78, 5) is 27.5. The van der Waals surface area contributed by atoms with E-state index >= 15 is 0 Å². The summed E-state index contributed by atoms with van der Waals surface area (Å²) in [6, 6.07) is 12.9. The van der Waals surface area contributed by atoms with Crippen LogP contribution in [0.3, 0.4) is 0 Å². The fourth-order valence-corrected chi connectivity index (χ4v) is 3.88. The third kappa shape index (κ3) is 4.07. The Balaban J connectivity index is 1.85. The van der Waals surface area contributed by atoms with E-state index in [9.17, 15) is 19.1 Å². The molecule has 33 heavy (non-hydrogen) atoms. The van der Waals surface area contributed by atoms with Gasteiger partial charge in [-0.15, -0.1) is 0 Å². The van der Waals surface area contributed by atoms with Crippen molar-refractivity contribution in [1.29, 1.82) is 0 Å². The number of halogens is 1. The van der Waals surface area contributed by atoms with Crippen molar-refractivity contribution in [1.82, 2.24) is 4.90 Å². The standard InChI is InChI=1S/C25H22FNO6/c1-14-4-10-20(33-14)22-21(23(28)18-12-16(26)7-11-19(18)32-3)24(29)25(30)27(22)13-15-5-8-17(31-2)9-6-15/h4-12,22,28H,13H2,1-3H3/b23-21+. The predicted molar refractivity (Wildman–Crippen MR) is 117 cm³/mol. The number of aliphatic hydroxyl groups is 1. The number of aryl methyl sites for hydroxylation is 1. The second kappa shape index (κ2) is 8.82. The van der Waals surface area contributed by atoms with E-state index < -0.39 is 29.3 Å². The predicted octanol–water partition coefficient (Wildman–Crippen LogP) is 4.37. The summed E-state index contributed by atoms with van der Waals surface area (Å²) in [5, 5.41) is 11.1. The third-order valence-electron chi connectivity index (χ3n) is 5.50. The number of hydrogen-bond donors (Lipinski definition) is 1. The van der Waals surface area contributed by atoms with Crippen LogP contribution >= 0.6 is 0 Å². The number of benzene rings is 2. The van der Waals surface area contributed by atoms with Crippen molar-refractivity contribution in [3.63, 3.8) is 0 Å². The number of hydrogen-bond acceptors (Lipinski definition) is 6. The van der Waals surface area contributed by atoms with E-state index in [4.69, 9.17) is 13.9 Å². The van der Waals surface area contributed by atoms with Gasteiger partial charge in [0.2, 0.25) is 0 Å². The van der Waals surface area contributed by atoms with E-state index in [1.54, 1.807) is 50.4 Å². The molecule has 0 saturated carbocycles. The molecule has 4 rings (SSSR count). The Labute approximate surface area is 189 Å². The van der Waals surface area contributed by atoms with Gasteiger partial charge in [0, 0.05) is 6.54 Å². The first-order valence-corrected chi connectivity index (χ1v) is 10.2. The van der Waals surface area contributed by atoms with Crippen molar-refractivity contribution in [2.24, 2.45) is 0 Å². The van der Waals surface area contributed by atoms with Gasteiger partial charge in [-0.3, -0.25) is 9.59 Å². The maximum absolute atomic E-state index is 14.0. The van der Waals surface area contributed by atoms with E-state index in [1.807, 2.05) is 0 Å². The van der Waals surface area contributed by atoms with Crippen LogP contribution in [0, 0.1) is 12.7 Å². The molecule has 2 aromatic carbocycles. The minimum absolute atomic E-state index is 0.0341. The number of rotatable bonds is 6. The number of ketones is 1. The van der Waals surface area contributed by atoms with Crippen LogP contribution in [0.25, 0.3) is 5.76 Å². The Morgan fingerprint density at radius 1 is 1.06 bits per heavy atom. The average molecular weight is 451 g/mol. The van der Waals surface area contributed by atoms with E-state index in [0.29, 0.717) is 17.3 Å². The van der Waals surface area contributed by atoms with Gasteiger partial charge in [-0.1, -0.05) is 12.1 Å². The minimum Gasteiger partial charge on any atom is -0.507 e. The lowest BCUT2D eigenvalue weighted by atomic mass is 9.98. The molecule has 1 N–H and O–H groups in total. The Hall–Kier alpha value is -4.07. The Morgan fingerprint density at radius 2 is 1.79 bits per heavy atom. The molecule has 0 spiro atoms. The zero-order valence-corrected chi connectivity index (χ0v) is 18.3. The van der Waals surface area contributed by atoms with Gasteiger partial charge in [0.15, 0.2) is 0 Å². The number of amides is 1. The van der Waals surface area contributed by atoms with Crippen molar-refractivity contribution in [3.05, 3.63) is 88.6 Å². The van der Waals surface area contributed by atoms with Gasteiger partial charge in [-0.05, 0) is 55.0 Å². The number of ether oxygens (including phenoxy) is 2. The first kappa shape index (κ1) is 22.1. The maximum atomic E-state index is 14.0. The molecule has 1 atom stereocenters. The molecular weight excluding hydrogens is 429 g/mol. The maximum Gasteiger partial charge on any atom is 0.296 e.